The number of aromatic amines is 1. The summed E-state index contributed by atoms with van der Waals surface area (Å²) in [7, 11) is 1.35. The predicted octanol–water partition coefficient (Wildman–Crippen LogP) is 1.33. The van der Waals surface area contributed by atoms with Crippen LogP contribution in [0.25, 0.3) is 0 Å². The molecule has 0 fully saturated rings. The highest BCUT2D eigenvalue weighted by molar-refractivity contribution is 9.10. The van der Waals surface area contributed by atoms with Crippen LogP contribution >= 0.6 is 15.9 Å². The van der Waals surface area contributed by atoms with Crippen molar-refractivity contribution in [3.05, 3.63) is 61.1 Å². The number of nitrogens with one attached hydrogen (secondary N) is 1. The summed E-state index contributed by atoms with van der Waals surface area (Å²) in [4.78, 5) is 37.1. The number of hydrogen-bond acceptors (Lipinski definition) is 4. The zero-order valence-corrected chi connectivity index (χ0v) is 12.4. The molecule has 0 aliphatic rings. The molecule has 8 heteroatoms. The molecule has 0 radical (unpaired) electrons. The van der Waals surface area contributed by atoms with Crippen LogP contribution in [-0.4, -0.2) is 22.4 Å². The number of hydrogen-bond donors (Lipinski definition) is 1. The molecule has 0 amide bonds. The van der Waals surface area contributed by atoms with Gasteiger partial charge in [-0.1, -0.05) is 0 Å². The molecule has 1 N–H and O–H groups in total. The second-order valence-corrected chi connectivity index (χ2v) is 4.99. The molecule has 1 aromatic carbocycles. The molecule has 0 atom stereocenters. The predicted molar refractivity (Wildman–Crippen MR) is 76.3 cm³/mol. The Hall–Kier alpha value is -2.22. The molecule has 1 heterocycles. The number of nitrogens with zero attached hydrogens (tertiary/aromatic N) is 1. The first-order valence-electron chi connectivity index (χ1n) is 5.78. The molecule has 110 valence electrons. The number of ether oxygens (including phenoxy) is 1. The van der Waals surface area contributed by atoms with E-state index >= 15 is 0 Å². The van der Waals surface area contributed by atoms with Crippen molar-refractivity contribution in [1.29, 1.82) is 0 Å². The van der Waals surface area contributed by atoms with Crippen LogP contribution in [0.2, 0.25) is 0 Å². The number of ketones is 1. The highest BCUT2D eigenvalue weighted by Crippen LogP contribution is 2.20. The quantitative estimate of drug-likeness (QED) is 0.838. The van der Waals surface area contributed by atoms with Gasteiger partial charge in [0.2, 0.25) is 0 Å². The minimum absolute atomic E-state index is 0.0201. The van der Waals surface area contributed by atoms with Gasteiger partial charge in [0.15, 0.2) is 5.78 Å². The number of Topliss-reactive ketones (excluding diaryl/α,β-unsaturated/α-hetero) is 1. The molecule has 0 aliphatic heterocycles. The number of aromatic nitrogens is 2. The molecule has 1 aromatic heterocycles. The molecule has 2 aromatic rings. The van der Waals surface area contributed by atoms with Crippen LogP contribution in [0.1, 0.15) is 10.4 Å². The Labute approximate surface area is 126 Å². The number of carbonyl (C=O) groups excluding carboxylic acids is 1. The highest BCUT2D eigenvalue weighted by atomic mass is 79.9. The second-order valence-electron chi connectivity index (χ2n) is 4.13. The molecule has 0 saturated carbocycles. The van der Waals surface area contributed by atoms with Crippen LogP contribution in [0.5, 0.6) is 5.75 Å². The third-order valence-corrected chi connectivity index (χ3v) is 3.31. The van der Waals surface area contributed by atoms with Gasteiger partial charge in [0.1, 0.15) is 11.6 Å². The lowest BCUT2D eigenvalue weighted by Crippen LogP contribution is -2.32. The number of H-pyrrole nitrogens is 1. The Morgan fingerprint density at radius 3 is 2.81 bits per heavy atom. The number of methoxy groups -OCH3 is 1. The van der Waals surface area contributed by atoms with Crippen LogP contribution in [0.3, 0.4) is 0 Å². The summed E-state index contributed by atoms with van der Waals surface area (Å²) in [5, 5.41) is 0. The van der Waals surface area contributed by atoms with Crippen LogP contribution in [0.15, 0.2) is 38.5 Å². The van der Waals surface area contributed by atoms with Gasteiger partial charge in [0, 0.05) is 6.20 Å². The maximum Gasteiger partial charge on any atom is 0.328 e. The molecule has 0 bridgehead atoms. The Balaban J connectivity index is 2.39. The van der Waals surface area contributed by atoms with Gasteiger partial charge in [-0.2, -0.15) is 0 Å². The largest absolute Gasteiger partial charge is 0.496 e. The fourth-order valence-electron chi connectivity index (χ4n) is 1.74. The molecular weight excluding hydrogens is 347 g/mol. The standard InChI is InChI=1S/C13H10BrFN2O4/c1-21-11-3-2-7(15)4-8(11)10(18)6-17-5-9(14)12(19)16-13(17)20/h2-5H,6H2,1H3,(H,16,19,20). The van der Waals surface area contributed by atoms with Crippen LogP contribution < -0.4 is 16.0 Å². The van der Waals surface area contributed by atoms with Crippen molar-refractivity contribution >= 4 is 21.7 Å². The van der Waals surface area contributed by atoms with E-state index in [0.29, 0.717) is 0 Å². The first-order valence-corrected chi connectivity index (χ1v) is 6.57. The summed E-state index contributed by atoms with van der Waals surface area (Å²) in [5.41, 5.74) is -1.30. The fourth-order valence-corrected chi connectivity index (χ4v) is 2.08. The van der Waals surface area contributed by atoms with Gasteiger partial charge in [-0.3, -0.25) is 19.1 Å². The van der Waals surface area contributed by atoms with Crippen molar-refractivity contribution in [3.63, 3.8) is 0 Å². The average Bonchev–Trinajstić information content (AvgIpc) is 2.44. The van der Waals surface area contributed by atoms with E-state index in [0.717, 1.165) is 10.6 Å². The summed E-state index contributed by atoms with van der Waals surface area (Å²) in [6.07, 6.45) is 1.20. The number of halogens is 2. The highest BCUT2D eigenvalue weighted by Gasteiger charge is 2.15. The second kappa shape index (κ2) is 6.04. The zero-order valence-electron chi connectivity index (χ0n) is 10.9. The molecular formula is C13H10BrFN2O4. The lowest BCUT2D eigenvalue weighted by atomic mass is 10.1. The van der Waals surface area contributed by atoms with Crippen LogP contribution in [-0.2, 0) is 6.54 Å². The minimum atomic E-state index is -0.730. The first-order chi connectivity index (χ1) is 9.92. The van der Waals surface area contributed by atoms with Crippen LogP contribution in [0.4, 0.5) is 4.39 Å². The third kappa shape index (κ3) is 3.27. The van der Waals surface area contributed by atoms with Crippen molar-refractivity contribution in [1.82, 2.24) is 9.55 Å². The van der Waals surface area contributed by atoms with E-state index in [9.17, 15) is 18.8 Å². The van der Waals surface area contributed by atoms with Crippen molar-refractivity contribution in [2.45, 2.75) is 6.54 Å². The van der Waals surface area contributed by atoms with Gasteiger partial charge < -0.3 is 4.74 Å². The lowest BCUT2D eigenvalue weighted by molar-refractivity contribution is 0.0966. The molecule has 21 heavy (non-hydrogen) atoms. The van der Waals surface area contributed by atoms with E-state index in [4.69, 9.17) is 4.74 Å². The van der Waals surface area contributed by atoms with Crippen molar-refractivity contribution in [3.8, 4) is 5.75 Å². The summed E-state index contributed by atoms with van der Waals surface area (Å²) < 4.78 is 19.4. The maximum absolute atomic E-state index is 13.2. The van der Waals surface area contributed by atoms with Crippen molar-refractivity contribution in [2.75, 3.05) is 7.11 Å². The van der Waals surface area contributed by atoms with Crippen molar-refractivity contribution < 1.29 is 13.9 Å². The zero-order chi connectivity index (χ0) is 15.6. The topological polar surface area (TPSA) is 81.2 Å². The van der Waals surface area contributed by atoms with Gasteiger partial charge in [-0.25, -0.2) is 9.18 Å². The summed E-state index contributed by atoms with van der Waals surface area (Å²) in [6.45, 7) is -0.353. The van der Waals surface area contributed by atoms with E-state index in [1.807, 2.05) is 0 Å². The maximum atomic E-state index is 13.2. The number of carbonyl (C=O) groups is 1. The third-order valence-electron chi connectivity index (χ3n) is 2.74. The normalized spacial score (nSPS) is 10.4. The monoisotopic (exact) mass is 356 g/mol. The molecule has 0 saturated heterocycles. The van der Waals surface area contributed by atoms with E-state index in [1.54, 1.807) is 0 Å². The lowest BCUT2D eigenvalue weighted by Gasteiger charge is -2.09. The SMILES string of the molecule is COc1ccc(F)cc1C(=O)Cn1cc(Br)c(=O)[nH]c1=O. The van der Waals surface area contributed by atoms with Gasteiger partial charge in [-0.15, -0.1) is 0 Å². The fraction of sp³-hybridized carbons (Fsp3) is 0.154. The number of benzene rings is 1. The van der Waals surface area contributed by atoms with Crippen molar-refractivity contribution in [2.24, 2.45) is 0 Å². The van der Waals surface area contributed by atoms with E-state index in [1.165, 1.54) is 25.4 Å². The van der Waals surface area contributed by atoms with Gasteiger partial charge in [0.25, 0.3) is 5.56 Å². The molecule has 6 nitrogen and oxygen atoms in total. The molecule has 2 rings (SSSR count). The smallest absolute Gasteiger partial charge is 0.328 e. The number of rotatable bonds is 4. The molecule has 0 aliphatic carbocycles. The van der Waals surface area contributed by atoms with Gasteiger partial charge >= 0.3 is 5.69 Å². The van der Waals surface area contributed by atoms with Gasteiger partial charge in [-0.05, 0) is 34.1 Å². The average molecular weight is 357 g/mol. The summed E-state index contributed by atoms with van der Waals surface area (Å²) in [5.74, 6) is -0.903. The first kappa shape index (κ1) is 15.2. The van der Waals surface area contributed by atoms with Crippen LogP contribution in [0, 0.1) is 5.82 Å². The van der Waals surface area contributed by atoms with Gasteiger partial charge in [0.05, 0.1) is 23.7 Å². The van der Waals surface area contributed by atoms with E-state index in [-0.39, 0.29) is 22.3 Å². The Morgan fingerprint density at radius 2 is 2.14 bits per heavy atom. The Kier molecular flexibility index (Phi) is 4.37. The Bertz CT molecular complexity index is 813. The van der Waals surface area contributed by atoms with E-state index in [2.05, 4.69) is 20.9 Å². The summed E-state index contributed by atoms with van der Waals surface area (Å²) in [6, 6.07) is 3.53. The Morgan fingerprint density at radius 1 is 1.43 bits per heavy atom. The summed E-state index contributed by atoms with van der Waals surface area (Å²) >= 11 is 2.97. The molecule has 0 spiro atoms. The minimum Gasteiger partial charge on any atom is -0.496 e. The van der Waals surface area contributed by atoms with E-state index < -0.39 is 22.8 Å². The molecule has 0 unspecified atom stereocenters.